The number of pyridine rings is 1. The fraction of sp³-hybridized carbons (Fsp3) is 0.464. The second kappa shape index (κ2) is 8.84. The summed E-state index contributed by atoms with van der Waals surface area (Å²) in [6, 6.07) is 18.9. The summed E-state index contributed by atoms with van der Waals surface area (Å²) in [6.07, 6.45) is 9.26. The zero-order chi connectivity index (χ0) is 21.3. The van der Waals surface area contributed by atoms with Crippen molar-refractivity contribution in [2.75, 3.05) is 31.2 Å². The number of hydrogen-bond acceptors (Lipinski definition) is 4. The lowest BCUT2D eigenvalue weighted by Gasteiger charge is -2.36. The molecule has 166 valence electrons. The molecule has 0 spiro atoms. The molecule has 0 radical (unpaired) electrons. The van der Waals surface area contributed by atoms with Gasteiger partial charge in [0.2, 0.25) is 0 Å². The molecule has 1 aromatic heterocycles. The first-order valence-corrected chi connectivity index (χ1v) is 12.4. The van der Waals surface area contributed by atoms with Crippen molar-refractivity contribution in [3.8, 4) is 0 Å². The number of hydrogen-bond donors (Lipinski definition) is 1. The molecule has 0 amide bonds. The zero-order valence-corrected chi connectivity index (χ0v) is 18.8. The van der Waals surface area contributed by atoms with Crippen molar-refractivity contribution in [2.45, 2.75) is 50.6 Å². The van der Waals surface area contributed by atoms with Crippen LogP contribution in [0.4, 0.5) is 5.69 Å². The predicted molar refractivity (Wildman–Crippen MR) is 130 cm³/mol. The van der Waals surface area contributed by atoms with Crippen LogP contribution in [0.25, 0.3) is 10.9 Å². The molecule has 3 heterocycles. The summed E-state index contributed by atoms with van der Waals surface area (Å²) >= 11 is 0. The molecule has 32 heavy (non-hydrogen) atoms. The molecule has 2 atom stereocenters. The Morgan fingerprint density at radius 3 is 2.78 bits per heavy atom. The number of aromatic nitrogens is 1. The minimum atomic E-state index is 0.443. The number of nitrogens with one attached hydrogen (secondary N) is 1. The highest BCUT2D eigenvalue weighted by Gasteiger charge is 2.31. The number of fused-ring (bicyclic) bond motifs is 2. The van der Waals surface area contributed by atoms with Gasteiger partial charge < -0.3 is 15.0 Å². The topological polar surface area (TPSA) is 37.4 Å². The minimum Gasteiger partial charge on any atom is -0.379 e. The molecule has 0 bridgehead atoms. The van der Waals surface area contributed by atoms with Crippen molar-refractivity contribution < 1.29 is 4.74 Å². The van der Waals surface area contributed by atoms with E-state index >= 15 is 0 Å². The Morgan fingerprint density at radius 2 is 1.84 bits per heavy atom. The third-order valence-corrected chi connectivity index (χ3v) is 7.81. The molecular formula is C28H33N3O. The smallest absolute Gasteiger partial charge is 0.0704 e. The highest BCUT2D eigenvalue weighted by Crippen LogP contribution is 2.29. The number of benzene rings is 2. The lowest BCUT2D eigenvalue weighted by Crippen LogP contribution is -2.48. The normalized spacial score (nSPS) is 23.7. The maximum Gasteiger partial charge on any atom is 0.0704 e. The van der Waals surface area contributed by atoms with Gasteiger partial charge in [-0.3, -0.25) is 4.98 Å². The maximum atomic E-state index is 5.94. The van der Waals surface area contributed by atoms with Crippen molar-refractivity contribution in [3.63, 3.8) is 0 Å². The maximum absolute atomic E-state index is 5.94. The molecule has 3 aliphatic rings. The van der Waals surface area contributed by atoms with Gasteiger partial charge in [0.15, 0.2) is 0 Å². The van der Waals surface area contributed by atoms with E-state index in [1.165, 1.54) is 48.7 Å². The van der Waals surface area contributed by atoms with Gasteiger partial charge in [-0.1, -0.05) is 24.3 Å². The number of piperidine rings is 1. The molecule has 4 heteroatoms. The molecule has 2 aliphatic heterocycles. The molecule has 2 aromatic carbocycles. The summed E-state index contributed by atoms with van der Waals surface area (Å²) < 4.78 is 5.94. The summed E-state index contributed by atoms with van der Waals surface area (Å²) in [5, 5.41) is 5.26. The second-order valence-electron chi connectivity index (χ2n) is 9.83. The van der Waals surface area contributed by atoms with Crippen LogP contribution >= 0.6 is 0 Å². The van der Waals surface area contributed by atoms with E-state index in [0.29, 0.717) is 18.0 Å². The van der Waals surface area contributed by atoms with E-state index in [-0.39, 0.29) is 0 Å². The summed E-state index contributed by atoms with van der Waals surface area (Å²) in [5.41, 5.74) is 7.06. The van der Waals surface area contributed by atoms with E-state index in [1.807, 2.05) is 6.20 Å². The first-order chi connectivity index (χ1) is 15.8. The van der Waals surface area contributed by atoms with Crippen molar-refractivity contribution in [2.24, 2.45) is 5.92 Å². The summed E-state index contributed by atoms with van der Waals surface area (Å²) in [7, 11) is 0. The van der Waals surface area contributed by atoms with Crippen LogP contribution in [-0.2, 0) is 24.0 Å². The lowest BCUT2D eigenvalue weighted by molar-refractivity contribution is 0.181. The predicted octanol–water partition coefficient (Wildman–Crippen LogP) is 4.54. The van der Waals surface area contributed by atoms with Crippen molar-refractivity contribution in [1.29, 1.82) is 0 Å². The van der Waals surface area contributed by atoms with Gasteiger partial charge >= 0.3 is 0 Å². The van der Waals surface area contributed by atoms with Gasteiger partial charge in [0.25, 0.3) is 0 Å². The largest absolute Gasteiger partial charge is 0.379 e. The van der Waals surface area contributed by atoms with E-state index in [4.69, 9.17) is 4.74 Å². The average Bonchev–Trinajstić information content (AvgIpc) is 3.49. The fourth-order valence-electron chi connectivity index (χ4n) is 5.96. The molecule has 0 saturated carbocycles. The van der Waals surface area contributed by atoms with E-state index < -0.39 is 0 Å². The molecule has 1 N–H and O–H groups in total. The Hall–Kier alpha value is -2.43. The van der Waals surface area contributed by atoms with Gasteiger partial charge in [-0.2, -0.15) is 0 Å². The van der Waals surface area contributed by atoms with E-state index in [0.717, 1.165) is 38.2 Å². The van der Waals surface area contributed by atoms with Gasteiger partial charge in [0.05, 0.1) is 18.7 Å². The standard InChI is InChI=1S/C28H33N3O/c1-2-7-27-26(6-1)22(10-13-29-27)16-23-18-32-19-28(23)30-24-11-14-31(15-12-24)25-9-8-20-4-3-5-21(20)17-25/h1-2,6-10,13,17,23-24,28,30H,3-5,11-12,14-16,18-19H2/t23-,28+/m1/s1. The number of ether oxygens (including phenoxy) is 1. The van der Waals surface area contributed by atoms with Gasteiger partial charge in [-0.15, -0.1) is 0 Å². The van der Waals surface area contributed by atoms with Crippen LogP contribution in [0.1, 0.15) is 36.0 Å². The average molecular weight is 428 g/mol. The Bertz CT molecular complexity index is 1080. The first-order valence-electron chi connectivity index (χ1n) is 12.4. The van der Waals surface area contributed by atoms with Crippen LogP contribution < -0.4 is 10.2 Å². The number of anilines is 1. The molecule has 1 aliphatic carbocycles. The summed E-state index contributed by atoms with van der Waals surface area (Å²) in [6.45, 7) is 3.97. The zero-order valence-electron chi connectivity index (χ0n) is 18.8. The second-order valence-corrected chi connectivity index (χ2v) is 9.83. The van der Waals surface area contributed by atoms with Gasteiger partial charge in [-0.05, 0) is 79.5 Å². The first kappa shape index (κ1) is 20.2. The van der Waals surface area contributed by atoms with Gasteiger partial charge in [0.1, 0.15) is 0 Å². The Labute approximate surface area is 191 Å². The fourth-order valence-corrected chi connectivity index (χ4v) is 5.96. The van der Waals surface area contributed by atoms with E-state index in [2.05, 4.69) is 63.7 Å². The number of rotatable bonds is 5. The van der Waals surface area contributed by atoms with Crippen LogP contribution in [0.15, 0.2) is 54.7 Å². The van der Waals surface area contributed by atoms with Crippen molar-refractivity contribution in [3.05, 3.63) is 71.4 Å². The SMILES string of the molecule is c1ccc2c(C[C@@H]3COC[C@@H]3NC3CCN(c4ccc5c(c4)CCC5)CC3)ccnc2c1. The highest BCUT2D eigenvalue weighted by molar-refractivity contribution is 5.81. The molecular weight excluding hydrogens is 394 g/mol. The van der Waals surface area contributed by atoms with E-state index in [9.17, 15) is 0 Å². The Balaban J connectivity index is 1.07. The van der Waals surface area contributed by atoms with Crippen molar-refractivity contribution in [1.82, 2.24) is 10.3 Å². The number of aryl methyl sites for hydroxylation is 2. The van der Waals surface area contributed by atoms with Crippen LogP contribution in [0.5, 0.6) is 0 Å². The summed E-state index contributed by atoms with van der Waals surface area (Å²) in [4.78, 5) is 7.11. The molecule has 3 aromatic rings. The summed E-state index contributed by atoms with van der Waals surface area (Å²) in [5.74, 6) is 0.524. The monoisotopic (exact) mass is 427 g/mol. The lowest BCUT2D eigenvalue weighted by atomic mass is 9.92. The third kappa shape index (κ3) is 4.02. The van der Waals surface area contributed by atoms with Crippen molar-refractivity contribution >= 4 is 16.6 Å². The van der Waals surface area contributed by atoms with Crippen LogP contribution in [0, 0.1) is 5.92 Å². The molecule has 4 nitrogen and oxygen atoms in total. The Kier molecular flexibility index (Phi) is 5.58. The number of nitrogens with zero attached hydrogens (tertiary/aromatic N) is 2. The van der Waals surface area contributed by atoms with Crippen LogP contribution in [-0.4, -0.2) is 43.4 Å². The van der Waals surface area contributed by atoms with E-state index in [1.54, 1.807) is 11.1 Å². The third-order valence-electron chi connectivity index (χ3n) is 7.81. The van der Waals surface area contributed by atoms with Gasteiger partial charge in [0, 0.05) is 48.4 Å². The highest BCUT2D eigenvalue weighted by atomic mass is 16.5. The quantitative estimate of drug-likeness (QED) is 0.649. The van der Waals surface area contributed by atoms with Crippen LogP contribution in [0.3, 0.4) is 0 Å². The Morgan fingerprint density at radius 1 is 0.969 bits per heavy atom. The molecule has 2 fully saturated rings. The minimum absolute atomic E-state index is 0.443. The van der Waals surface area contributed by atoms with Gasteiger partial charge in [-0.25, -0.2) is 0 Å². The molecule has 0 unspecified atom stereocenters. The number of para-hydroxylation sites is 1. The molecule has 2 saturated heterocycles. The van der Waals surface area contributed by atoms with Crippen LogP contribution in [0.2, 0.25) is 0 Å². The molecule has 6 rings (SSSR count).